The molecule has 0 unspecified atom stereocenters. The molecule has 1 fully saturated rings. The molecule has 2 amide bonds. The van der Waals surface area contributed by atoms with Crippen LogP contribution >= 0.6 is 23.1 Å². The number of hydrogen-bond donors (Lipinski definition) is 1. The Balaban J connectivity index is 1.49. The van der Waals surface area contributed by atoms with Gasteiger partial charge in [0.15, 0.2) is 5.16 Å². The van der Waals surface area contributed by atoms with Crippen molar-refractivity contribution in [2.45, 2.75) is 37.9 Å². The van der Waals surface area contributed by atoms with Gasteiger partial charge >= 0.3 is 0 Å². The van der Waals surface area contributed by atoms with Crippen molar-refractivity contribution in [2.24, 2.45) is 0 Å². The predicted octanol–water partition coefficient (Wildman–Crippen LogP) is 4.05. The van der Waals surface area contributed by atoms with E-state index in [1.807, 2.05) is 46.7 Å². The van der Waals surface area contributed by atoms with Gasteiger partial charge in [0.05, 0.1) is 17.5 Å². The Hall–Kier alpha value is -2.65. The summed E-state index contributed by atoms with van der Waals surface area (Å²) in [6, 6.07) is 11.8. The number of thioether (sulfide) groups is 1. The minimum Gasteiger partial charge on any atom is -0.334 e. The fourth-order valence-electron chi connectivity index (χ4n) is 3.71. The lowest BCUT2D eigenvalue weighted by Crippen LogP contribution is -2.31. The van der Waals surface area contributed by atoms with Gasteiger partial charge in [-0.15, -0.1) is 21.5 Å². The molecule has 9 heteroatoms. The van der Waals surface area contributed by atoms with E-state index >= 15 is 0 Å². The van der Waals surface area contributed by atoms with Crippen molar-refractivity contribution < 1.29 is 9.59 Å². The van der Waals surface area contributed by atoms with Crippen LogP contribution < -0.4 is 5.32 Å². The van der Waals surface area contributed by atoms with Crippen molar-refractivity contribution in [3.8, 4) is 5.69 Å². The van der Waals surface area contributed by atoms with Gasteiger partial charge < -0.3 is 10.2 Å². The molecule has 0 spiro atoms. The molecule has 7 nitrogen and oxygen atoms in total. The van der Waals surface area contributed by atoms with Gasteiger partial charge in [-0.25, -0.2) is 0 Å². The van der Waals surface area contributed by atoms with E-state index in [9.17, 15) is 9.59 Å². The van der Waals surface area contributed by atoms with Crippen LogP contribution in [0.4, 0.5) is 5.69 Å². The van der Waals surface area contributed by atoms with Gasteiger partial charge in [0.25, 0.3) is 0 Å². The van der Waals surface area contributed by atoms with Crippen LogP contribution in [0.3, 0.4) is 0 Å². The van der Waals surface area contributed by atoms with Crippen LogP contribution in [0.2, 0.25) is 0 Å². The maximum Gasteiger partial charge on any atom is 0.233 e. The quantitative estimate of drug-likeness (QED) is 0.584. The Kier molecular flexibility index (Phi) is 6.19. The highest BCUT2D eigenvalue weighted by molar-refractivity contribution is 7.99. The Morgan fingerprint density at radius 3 is 2.90 bits per heavy atom. The number of aromatic nitrogens is 3. The summed E-state index contributed by atoms with van der Waals surface area (Å²) in [6.07, 6.45) is 2.05. The maximum atomic E-state index is 13.0. The minimum atomic E-state index is -0.126. The maximum absolute atomic E-state index is 13.0. The molecule has 30 heavy (non-hydrogen) atoms. The number of hydrogen-bond acceptors (Lipinski definition) is 6. The fraction of sp³-hybridized carbons (Fsp3) is 0.333. The van der Waals surface area contributed by atoms with E-state index in [1.54, 1.807) is 11.3 Å². The number of rotatable bonds is 6. The molecular formula is C21H23N5O2S2. The Bertz CT molecular complexity index is 1050. The number of thiophene rings is 1. The summed E-state index contributed by atoms with van der Waals surface area (Å²) in [4.78, 5) is 27.6. The number of anilines is 1. The lowest BCUT2D eigenvalue weighted by atomic mass is 10.2. The molecule has 0 aliphatic carbocycles. The summed E-state index contributed by atoms with van der Waals surface area (Å²) >= 11 is 3.10. The molecule has 1 saturated heterocycles. The van der Waals surface area contributed by atoms with Crippen LogP contribution in [0, 0.1) is 6.92 Å². The number of carbonyl (C=O) groups is 2. The molecule has 3 heterocycles. The Labute approximate surface area is 183 Å². The second-order valence-electron chi connectivity index (χ2n) is 7.15. The van der Waals surface area contributed by atoms with Crippen LogP contribution in [-0.2, 0) is 9.59 Å². The largest absolute Gasteiger partial charge is 0.334 e. The van der Waals surface area contributed by atoms with E-state index in [-0.39, 0.29) is 17.9 Å². The topological polar surface area (TPSA) is 80.1 Å². The van der Waals surface area contributed by atoms with Gasteiger partial charge in [-0.3, -0.25) is 14.2 Å². The highest BCUT2D eigenvalue weighted by atomic mass is 32.2. The van der Waals surface area contributed by atoms with Gasteiger partial charge in [0.2, 0.25) is 11.8 Å². The molecule has 1 aliphatic heterocycles. The first-order chi connectivity index (χ1) is 14.5. The molecule has 0 saturated carbocycles. The molecule has 0 radical (unpaired) electrons. The van der Waals surface area contributed by atoms with Crippen molar-refractivity contribution in [1.82, 2.24) is 19.7 Å². The van der Waals surface area contributed by atoms with E-state index in [2.05, 4.69) is 27.0 Å². The fourth-order valence-corrected chi connectivity index (χ4v) is 5.47. The van der Waals surface area contributed by atoms with Gasteiger partial charge in [0.1, 0.15) is 5.82 Å². The van der Waals surface area contributed by atoms with Crippen LogP contribution in [0.15, 0.2) is 46.9 Å². The molecule has 3 aromatic rings. The molecule has 0 bridgehead atoms. The summed E-state index contributed by atoms with van der Waals surface area (Å²) in [5.41, 5.74) is 1.55. The molecular weight excluding hydrogens is 418 g/mol. The first kappa shape index (κ1) is 20.6. The van der Waals surface area contributed by atoms with Crippen LogP contribution in [-0.4, -0.2) is 43.8 Å². The van der Waals surface area contributed by atoms with E-state index in [0.29, 0.717) is 16.6 Å². The molecule has 1 aliphatic rings. The number of likely N-dealkylation sites (tertiary alicyclic amines) is 1. The van der Waals surface area contributed by atoms with Gasteiger partial charge in [-0.05, 0) is 49.4 Å². The summed E-state index contributed by atoms with van der Waals surface area (Å²) in [5.74, 6) is 1.03. The van der Waals surface area contributed by atoms with Gasteiger partial charge in [-0.1, -0.05) is 23.9 Å². The van der Waals surface area contributed by atoms with Crippen LogP contribution in [0.1, 0.15) is 36.5 Å². The second-order valence-corrected chi connectivity index (χ2v) is 9.07. The number of nitrogens with one attached hydrogen (secondary N) is 1. The first-order valence-corrected chi connectivity index (χ1v) is 11.6. The zero-order valence-electron chi connectivity index (χ0n) is 16.9. The van der Waals surface area contributed by atoms with Crippen LogP contribution in [0.5, 0.6) is 0 Å². The molecule has 4 rings (SSSR count). The molecule has 1 aromatic carbocycles. The minimum absolute atomic E-state index is 0.120. The third kappa shape index (κ3) is 4.41. The second kappa shape index (κ2) is 9.01. The van der Waals surface area contributed by atoms with Gasteiger partial charge in [-0.2, -0.15) is 0 Å². The summed E-state index contributed by atoms with van der Waals surface area (Å²) in [7, 11) is 0. The third-order valence-electron chi connectivity index (χ3n) is 4.99. The van der Waals surface area contributed by atoms with Crippen molar-refractivity contribution >= 4 is 40.6 Å². The van der Waals surface area contributed by atoms with Crippen molar-refractivity contribution in [2.75, 3.05) is 17.6 Å². The predicted molar refractivity (Wildman–Crippen MR) is 119 cm³/mol. The van der Waals surface area contributed by atoms with E-state index in [1.165, 1.54) is 23.6 Å². The monoisotopic (exact) mass is 441 g/mol. The average molecular weight is 442 g/mol. The van der Waals surface area contributed by atoms with E-state index < -0.39 is 0 Å². The molecule has 2 aromatic heterocycles. The van der Waals surface area contributed by atoms with Crippen molar-refractivity contribution in [3.05, 3.63) is 52.5 Å². The van der Waals surface area contributed by atoms with Gasteiger partial charge in [0, 0.05) is 24.0 Å². The van der Waals surface area contributed by atoms with E-state index in [0.717, 1.165) is 30.9 Å². The lowest BCUT2D eigenvalue weighted by molar-refractivity contribution is -0.129. The smallest absolute Gasteiger partial charge is 0.233 e. The molecule has 1 atom stereocenters. The first-order valence-electron chi connectivity index (χ1n) is 9.78. The SMILES string of the molecule is CC(=O)Nc1cccc(-n2c(C)nnc2SCC(=O)N2CCC[C@H]2c2cccs2)c1. The molecule has 1 N–H and O–H groups in total. The third-order valence-corrected chi connectivity index (χ3v) is 6.88. The van der Waals surface area contributed by atoms with Crippen molar-refractivity contribution in [3.63, 3.8) is 0 Å². The lowest BCUT2D eigenvalue weighted by Gasteiger charge is -2.23. The van der Waals surface area contributed by atoms with Crippen molar-refractivity contribution in [1.29, 1.82) is 0 Å². The summed E-state index contributed by atoms with van der Waals surface area (Å²) in [5, 5.41) is 14.0. The van der Waals surface area contributed by atoms with Crippen LogP contribution in [0.25, 0.3) is 5.69 Å². The number of carbonyl (C=O) groups excluding carboxylic acids is 2. The number of aryl methyl sites for hydroxylation is 1. The highest BCUT2D eigenvalue weighted by Crippen LogP contribution is 2.35. The number of benzene rings is 1. The normalized spacial score (nSPS) is 16.1. The average Bonchev–Trinajstić information content (AvgIpc) is 3.46. The Morgan fingerprint density at radius 1 is 1.27 bits per heavy atom. The van der Waals surface area contributed by atoms with E-state index in [4.69, 9.17) is 0 Å². The number of amides is 2. The number of nitrogens with zero attached hydrogens (tertiary/aromatic N) is 4. The zero-order chi connectivity index (χ0) is 21.1. The summed E-state index contributed by atoms with van der Waals surface area (Å²) in [6.45, 7) is 4.15. The summed E-state index contributed by atoms with van der Waals surface area (Å²) < 4.78 is 1.91. The standard InChI is InChI=1S/C21H23N5O2S2/c1-14-23-24-21(26(14)17-7-3-6-16(12-17)22-15(2)27)30-13-20(28)25-10-4-8-18(25)19-9-5-11-29-19/h3,5-7,9,11-12,18H,4,8,10,13H2,1-2H3,(H,22,27)/t18-/m0/s1. The molecule has 156 valence electrons. The Morgan fingerprint density at radius 2 is 2.13 bits per heavy atom. The highest BCUT2D eigenvalue weighted by Gasteiger charge is 2.30. The zero-order valence-corrected chi connectivity index (χ0v) is 18.5.